The Morgan fingerprint density at radius 1 is 1.45 bits per heavy atom. The Labute approximate surface area is 118 Å². The van der Waals surface area contributed by atoms with E-state index in [-0.39, 0.29) is 5.75 Å². The second kappa shape index (κ2) is 9.11. The van der Waals surface area contributed by atoms with Crippen LogP contribution < -0.4 is 21.3 Å². The number of nitrogens with one attached hydrogen (secondary N) is 2. The lowest BCUT2D eigenvalue weighted by molar-refractivity contribution is 0.146. The zero-order valence-corrected chi connectivity index (χ0v) is 11.8. The SMILES string of the molecule is CCOCCCN=C(NN)Nc1ccc(F)c(OC)c1. The molecule has 0 saturated carbocycles. The van der Waals surface area contributed by atoms with Crippen molar-refractivity contribution in [3.05, 3.63) is 24.0 Å². The van der Waals surface area contributed by atoms with Gasteiger partial charge in [-0.25, -0.2) is 10.2 Å². The normalized spacial score (nSPS) is 11.3. The number of rotatable bonds is 7. The molecule has 0 aliphatic rings. The zero-order chi connectivity index (χ0) is 14.8. The number of anilines is 1. The van der Waals surface area contributed by atoms with Gasteiger partial charge in [0.2, 0.25) is 5.96 Å². The molecule has 0 atom stereocenters. The van der Waals surface area contributed by atoms with Crippen LogP contribution in [0.1, 0.15) is 13.3 Å². The van der Waals surface area contributed by atoms with E-state index in [4.69, 9.17) is 15.3 Å². The fourth-order valence-electron chi connectivity index (χ4n) is 1.50. The molecule has 0 spiro atoms. The van der Waals surface area contributed by atoms with E-state index in [0.717, 1.165) is 6.42 Å². The number of hydrogen-bond donors (Lipinski definition) is 3. The second-order valence-electron chi connectivity index (χ2n) is 3.90. The lowest BCUT2D eigenvalue weighted by Gasteiger charge is -2.10. The van der Waals surface area contributed by atoms with E-state index in [1.54, 1.807) is 6.07 Å². The summed E-state index contributed by atoms with van der Waals surface area (Å²) in [6.07, 6.45) is 0.799. The highest BCUT2D eigenvalue weighted by atomic mass is 19.1. The number of hydrogen-bond acceptors (Lipinski definition) is 4. The first-order valence-corrected chi connectivity index (χ1v) is 6.40. The van der Waals surface area contributed by atoms with Gasteiger partial charge in [-0.1, -0.05) is 0 Å². The van der Waals surface area contributed by atoms with Gasteiger partial charge >= 0.3 is 0 Å². The van der Waals surface area contributed by atoms with E-state index in [9.17, 15) is 4.39 Å². The molecule has 0 aliphatic heterocycles. The second-order valence-corrected chi connectivity index (χ2v) is 3.90. The van der Waals surface area contributed by atoms with Crippen molar-refractivity contribution in [3.8, 4) is 5.75 Å². The fraction of sp³-hybridized carbons (Fsp3) is 0.462. The van der Waals surface area contributed by atoms with Crippen molar-refractivity contribution in [1.82, 2.24) is 5.43 Å². The molecule has 6 nitrogen and oxygen atoms in total. The van der Waals surface area contributed by atoms with Crippen LogP contribution in [0.3, 0.4) is 0 Å². The third kappa shape index (κ3) is 5.41. The Morgan fingerprint density at radius 3 is 2.90 bits per heavy atom. The number of hydrazine groups is 1. The summed E-state index contributed by atoms with van der Waals surface area (Å²) in [6.45, 7) is 3.87. The number of aliphatic imine (C=N–C) groups is 1. The highest BCUT2D eigenvalue weighted by Gasteiger charge is 2.04. The third-order valence-electron chi connectivity index (χ3n) is 2.47. The number of halogens is 1. The van der Waals surface area contributed by atoms with Crippen LogP contribution in [0, 0.1) is 5.82 Å². The molecule has 0 fully saturated rings. The van der Waals surface area contributed by atoms with E-state index >= 15 is 0 Å². The molecule has 0 aliphatic carbocycles. The summed E-state index contributed by atoms with van der Waals surface area (Å²) < 4.78 is 23.4. The first-order chi connectivity index (χ1) is 9.71. The van der Waals surface area contributed by atoms with Crippen LogP contribution in [-0.2, 0) is 4.74 Å². The van der Waals surface area contributed by atoms with E-state index < -0.39 is 5.82 Å². The molecule has 20 heavy (non-hydrogen) atoms. The van der Waals surface area contributed by atoms with Crippen LogP contribution in [0.2, 0.25) is 0 Å². The Hall–Kier alpha value is -1.86. The predicted molar refractivity (Wildman–Crippen MR) is 77.3 cm³/mol. The van der Waals surface area contributed by atoms with E-state index in [1.165, 1.54) is 19.2 Å². The third-order valence-corrected chi connectivity index (χ3v) is 2.47. The summed E-state index contributed by atoms with van der Waals surface area (Å²) in [4.78, 5) is 4.24. The summed E-state index contributed by atoms with van der Waals surface area (Å²) in [6, 6.07) is 4.41. The van der Waals surface area contributed by atoms with Crippen LogP contribution in [0.15, 0.2) is 23.2 Å². The maximum atomic E-state index is 13.3. The average molecular weight is 284 g/mol. The largest absolute Gasteiger partial charge is 0.494 e. The molecule has 0 unspecified atom stereocenters. The first kappa shape index (κ1) is 16.2. The Balaban J connectivity index is 2.56. The van der Waals surface area contributed by atoms with Crippen LogP contribution >= 0.6 is 0 Å². The number of benzene rings is 1. The molecule has 1 aromatic carbocycles. The number of guanidine groups is 1. The molecule has 7 heteroatoms. The van der Waals surface area contributed by atoms with Crippen LogP contribution in [0.25, 0.3) is 0 Å². The van der Waals surface area contributed by atoms with Gasteiger partial charge in [0.25, 0.3) is 0 Å². The Morgan fingerprint density at radius 2 is 2.25 bits per heavy atom. The molecule has 0 saturated heterocycles. The summed E-state index contributed by atoms with van der Waals surface area (Å²) in [5, 5.41) is 2.95. The molecule has 0 radical (unpaired) electrons. The molecule has 0 aromatic heterocycles. The van der Waals surface area contributed by atoms with Gasteiger partial charge in [-0.3, -0.25) is 10.4 Å². The van der Waals surface area contributed by atoms with Crippen molar-refractivity contribution >= 4 is 11.6 Å². The highest BCUT2D eigenvalue weighted by molar-refractivity contribution is 5.93. The van der Waals surface area contributed by atoms with Crippen molar-refractivity contribution in [2.24, 2.45) is 10.8 Å². The van der Waals surface area contributed by atoms with Gasteiger partial charge in [-0.15, -0.1) is 0 Å². The Kier molecular flexibility index (Phi) is 7.38. The quantitative estimate of drug-likeness (QED) is 0.232. The average Bonchev–Trinajstić information content (AvgIpc) is 2.47. The molecule has 4 N–H and O–H groups in total. The van der Waals surface area contributed by atoms with Crippen LogP contribution in [0.4, 0.5) is 10.1 Å². The van der Waals surface area contributed by atoms with Gasteiger partial charge in [0.15, 0.2) is 11.6 Å². The van der Waals surface area contributed by atoms with Gasteiger partial charge in [0.1, 0.15) is 0 Å². The van der Waals surface area contributed by atoms with Gasteiger partial charge in [0.05, 0.1) is 7.11 Å². The Bertz CT molecular complexity index is 440. The van der Waals surface area contributed by atoms with E-state index in [0.29, 0.717) is 31.4 Å². The maximum absolute atomic E-state index is 13.3. The smallest absolute Gasteiger partial charge is 0.210 e. The maximum Gasteiger partial charge on any atom is 0.210 e. The molecule has 112 valence electrons. The predicted octanol–water partition coefficient (Wildman–Crippen LogP) is 1.49. The van der Waals surface area contributed by atoms with Crippen molar-refractivity contribution in [1.29, 1.82) is 0 Å². The minimum atomic E-state index is -0.422. The molecule has 0 heterocycles. The number of methoxy groups -OCH3 is 1. The van der Waals surface area contributed by atoms with E-state index in [1.807, 2.05) is 6.92 Å². The monoisotopic (exact) mass is 284 g/mol. The topological polar surface area (TPSA) is 80.9 Å². The zero-order valence-electron chi connectivity index (χ0n) is 11.8. The lowest BCUT2D eigenvalue weighted by Crippen LogP contribution is -2.36. The molecule has 1 rings (SSSR count). The molecule has 0 amide bonds. The van der Waals surface area contributed by atoms with Gasteiger partial charge in [0, 0.05) is 31.5 Å². The van der Waals surface area contributed by atoms with Crippen molar-refractivity contribution in [2.75, 3.05) is 32.2 Å². The van der Waals surface area contributed by atoms with Crippen molar-refractivity contribution in [2.45, 2.75) is 13.3 Å². The standard InChI is InChI=1S/C13H21FN4O2/c1-3-20-8-4-7-16-13(18-15)17-10-5-6-11(14)12(9-10)19-2/h5-6,9H,3-4,7-8,15H2,1-2H3,(H2,16,17,18). The minimum Gasteiger partial charge on any atom is -0.494 e. The van der Waals surface area contributed by atoms with Crippen molar-refractivity contribution in [3.63, 3.8) is 0 Å². The van der Waals surface area contributed by atoms with Crippen LogP contribution in [-0.4, -0.2) is 32.8 Å². The fourth-order valence-corrected chi connectivity index (χ4v) is 1.50. The number of ether oxygens (including phenoxy) is 2. The first-order valence-electron chi connectivity index (χ1n) is 6.40. The molecule has 1 aromatic rings. The molecular formula is C13H21FN4O2. The highest BCUT2D eigenvalue weighted by Crippen LogP contribution is 2.21. The van der Waals surface area contributed by atoms with E-state index in [2.05, 4.69) is 15.7 Å². The van der Waals surface area contributed by atoms with Crippen LogP contribution in [0.5, 0.6) is 5.75 Å². The van der Waals surface area contributed by atoms with Gasteiger partial charge in [-0.2, -0.15) is 0 Å². The van der Waals surface area contributed by atoms with Gasteiger partial charge in [-0.05, 0) is 25.5 Å². The number of nitrogens with zero attached hydrogens (tertiary/aromatic N) is 1. The summed E-state index contributed by atoms with van der Waals surface area (Å²) in [7, 11) is 1.41. The summed E-state index contributed by atoms with van der Waals surface area (Å²) >= 11 is 0. The summed E-state index contributed by atoms with van der Waals surface area (Å²) in [5.41, 5.74) is 3.09. The van der Waals surface area contributed by atoms with Gasteiger partial charge < -0.3 is 14.8 Å². The molecular weight excluding hydrogens is 263 g/mol. The van der Waals surface area contributed by atoms with Crippen molar-refractivity contribution < 1.29 is 13.9 Å². The number of nitrogens with two attached hydrogens (primary N) is 1. The summed E-state index contributed by atoms with van der Waals surface area (Å²) in [5.74, 6) is 5.51. The molecule has 0 bridgehead atoms. The lowest BCUT2D eigenvalue weighted by atomic mass is 10.3. The minimum absolute atomic E-state index is 0.155.